The summed E-state index contributed by atoms with van der Waals surface area (Å²) in [6, 6.07) is 5.28. The van der Waals surface area contributed by atoms with Gasteiger partial charge in [-0.25, -0.2) is 0 Å². The van der Waals surface area contributed by atoms with Gasteiger partial charge < -0.3 is 15.7 Å². The molecule has 0 atom stereocenters. The van der Waals surface area contributed by atoms with Crippen molar-refractivity contribution in [3.63, 3.8) is 0 Å². The van der Waals surface area contributed by atoms with E-state index in [1.807, 2.05) is 6.92 Å². The third kappa shape index (κ3) is 6.11. The lowest BCUT2D eigenvalue weighted by atomic mass is 10.0. The first kappa shape index (κ1) is 16.7. The van der Waals surface area contributed by atoms with E-state index < -0.39 is 0 Å². The van der Waals surface area contributed by atoms with E-state index in [4.69, 9.17) is 5.11 Å². The van der Waals surface area contributed by atoms with E-state index in [-0.39, 0.29) is 18.4 Å². The van der Waals surface area contributed by atoms with Crippen LogP contribution in [-0.2, 0) is 4.79 Å². The number of hydrogen-bond donors (Lipinski definition) is 3. The molecule has 3 N–H and O–H groups in total. The van der Waals surface area contributed by atoms with Crippen LogP contribution < -0.4 is 10.6 Å². The minimum atomic E-state index is -0.182. The summed E-state index contributed by atoms with van der Waals surface area (Å²) in [5, 5.41) is 14.0. The Balaban J connectivity index is 2.60. The van der Waals surface area contributed by atoms with Crippen LogP contribution in [0.1, 0.15) is 34.8 Å². The van der Waals surface area contributed by atoms with Crippen LogP contribution in [0.15, 0.2) is 18.2 Å². The standard InChI is InChI=1S/C16H20N2O3/c1-12-11-15(7-6-14(12)5-3-4-10-19)16(21)18-9-8-17-13(2)20/h6-7,11,19H,4,8-10H2,1-2H3,(H,17,20)(H,18,21). The summed E-state index contributed by atoms with van der Waals surface area (Å²) in [6.07, 6.45) is 0.435. The van der Waals surface area contributed by atoms with E-state index in [9.17, 15) is 9.59 Å². The van der Waals surface area contributed by atoms with Crippen molar-refractivity contribution in [3.8, 4) is 11.8 Å². The Morgan fingerprint density at radius 2 is 1.95 bits per heavy atom. The molecule has 1 rings (SSSR count). The summed E-state index contributed by atoms with van der Waals surface area (Å²) >= 11 is 0. The number of rotatable bonds is 5. The van der Waals surface area contributed by atoms with Gasteiger partial charge in [0.1, 0.15) is 0 Å². The van der Waals surface area contributed by atoms with E-state index in [1.165, 1.54) is 6.92 Å². The van der Waals surface area contributed by atoms with Crippen molar-refractivity contribution >= 4 is 11.8 Å². The molecule has 2 amide bonds. The van der Waals surface area contributed by atoms with E-state index in [1.54, 1.807) is 18.2 Å². The fourth-order valence-electron chi connectivity index (χ4n) is 1.68. The lowest BCUT2D eigenvalue weighted by molar-refractivity contribution is -0.118. The Kier molecular flexibility index (Phi) is 6.99. The van der Waals surface area contributed by atoms with Gasteiger partial charge in [0.25, 0.3) is 5.91 Å². The molecule has 0 fully saturated rings. The second kappa shape index (κ2) is 8.77. The normalized spacial score (nSPS) is 9.48. The highest BCUT2D eigenvalue weighted by Gasteiger charge is 2.06. The number of carbonyl (C=O) groups is 2. The number of aliphatic hydroxyl groups is 1. The van der Waals surface area contributed by atoms with Crippen molar-refractivity contribution in [1.29, 1.82) is 0 Å². The molecule has 0 bridgehead atoms. The van der Waals surface area contributed by atoms with Crippen molar-refractivity contribution in [2.24, 2.45) is 0 Å². The quantitative estimate of drug-likeness (QED) is 0.548. The fraction of sp³-hybridized carbons (Fsp3) is 0.375. The van der Waals surface area contributed by atoms with Crippen molar-refractivity contribution in [1.82, 2.24) is 10.6 Å². The lowest BCUT2D eigenvalue weighted by Crippen LogP contribution is -2.33. The maximum atomic E-state index is 11.9. The van der Waals surface area contributed by atoms with Crippen molar-refractivity contribution in [3.05, 3.63) is 34.9 Å². The zero-order valence-corrected chi connectivity index (χ0v) is 12.3. The van der Waals surface area contributed by atoms with Gasteiger partial charge in [0.2, 0.25) is 5.91 Å². The molecule has 1 aromatic rings. The van der Waals surface area contributed by atoms with Crippen molar-refractivity contribution < 1.29 is 14.7 Å². The van der Waals surface area contributed by atoms with Crippen molar-refractivity contribution in [2.45, 2.75) is 20.3 Å². The number of benzene rings is 1. The summed E-state index contributed by atoms with van der Waals surface area (Å²) in [5.74, 6) is 5.51. The Morgan fingerprint density at radius 1 is 1.24 bits per heavy atom. The van der Waals surface area contributed by atoms with Crippen LogP contribution in [0.25, 0.3) is 0 Å². The second-order valence-electron chi connectivity index (χ2n) is 4.54. The highest BCUT2D eigenvalue weighted by molar-refractivity contribution is 5.94. The molecule has 0 aromatic heterocycles. The maximum Gasteiger partial charge on any atom is 0.251 e. The van der Waals surface area contributed by atoms with Gasteiger partial charge in [-0.1, -0.05) is 11.8 Å². The minimum Gasteiger partial charge on any atom is -0.395 e. The molecule has 0 spiro atoms. The Bertz CT molecular complexity index is 571. The third-order valence-electron chi connectivity index (χ3n) is 2.73. The molecule has 112 valence electrons. The predicted molar refractivity (Wildman–Crippen MR) is 80.8 cm³/mol. The number of hydrogen-bond acceptors (Lipinski definition) is 3. The zero-order chi connectivity index (χ0) is 15.7. The van der Waals surface area contributed by atoms with Crippen molar-refractivity contribution in [2.75, 3.05) is 19.7 Å². The Hall–Kier alpha value is -2.32. The fourth-order valence-corrected chi connectivity index (χ4v) is 1.68. The molecular weight excluding hydrogens is 268 g/mol. The molecule has 21 heavy (non-hydrogen) atoms. The second-order valence-corrected chi connectivity index (χ2v) is 4.54. The molecule has 0 aliphatic rings. The molecule has 0 saturated heterocycles. The maximum absolute atomic E-state index is 11.9. The van der Waals surface area contributed by atoms with E-state index in [2.05, 4.69) is 22.5 Å². The van der Waals surface area contributed by atoms with Crippen LogP contribution in [0.2, 0.25) is 0 Å². The van der Waals surface area contributed by atoms with Gasteiger partial charge in [-0.05, 0) is 30.7 Å². The summed E-state index contributed by atoms with van der Waals surface area (Å²) in [7, 11) is 0. The van der Waals surface area contributed by atoms with Gasteiger partial charge in [0, 0.05) is 37.6 Å². The molecule has 0 radical (unpaired) electrons. The molecule has 0 saturated carbocycles. The number of nitrogens with one attached hydrogen (secondary N) is 2. The lowest BCUT2D eigenvalue weighted by Gasteiger charge is -2.07. The van der Waals surface area contributed by atoms with Gasteiger partial charge in [-0.3, -0.25) is 9.59 Å². The SMILES string of the molecule is CC(=O)NCCNC(=O)c1ccc(C#CCCO)c(C)c1. The molecule has 0 aliphatic heterocycles. The Labute approximate surface area is 124 Å². The molecular formula is C16H20N2O3. The third-order valence-corrected chi connectivity index (χ3v) is 2.73. The summed E-state index contributed by atoms with van der Waals surface area (Å²) < 4.78 is 0. The summed E-state index contributed by atoms with van der Waals surface area (Å²) in [4.78, 5) is 22.6. The molecule has 5 heteroatoms. The van der Waals surface area contributed by atoms with Gasteiger partial charge >= 0.3 is 0 Å². The van der Waals surface area contributed by atoms with E-state index >= 15 is 0 Å². The van der Waals surface area contributed by atoms with Gasteiger partial charge in [0.15, 0.2) is 0 Å². The summed E-state index contributed by atoms with van der Waals surface area (Å²) in [5.41, 5.74) is 2.32. The van der Waals surface area contributed by atoms with Crippen LogP contribution in [0.5, 0.6) is 0 Å². The average molecular weight is 288 g/mol. The molecule has 0 aliphatic carbocycles. The van der Waals surface area contributed by atoms with Crippen LogP contribution in [-0.4, -0.2) is 36.6 Å². The molecule has 1 aromatic carbocycles. The average Bonchev–Trinajstić information content (AvgIpc) is 2.45. The van der Waals surface area contributed by atoms with E-state index in [0.717, 1.165) is 11.1 Å². The van der Waals surface area contributed by atoms with E-state index in [0.29, 0.717) is 25.1 Å². The highest BCUT2D eigenvalue weighted by Crippen LogP contribution is 2.10. The van der Waals surface area contributed by atoms with Gasteiger partial charge in [-0.15, -0.1) is 0 Å². The number of aryl methyl sites for hydroxylation is 1. The first-order chi connectivity index (χ1) is 10.0. The van der Waals surface area contributed by atoms with Gasteiger partial charge in [-0.2, -0.15) is 0 Å². The summed E-state index contributed by atoms with van der Waals surface area (Å²) in [6.45, 7) is 4.15. The first-order valence-corrected chi connectivity index (χ1v) is 6.77. The van der Waals surface area contributed by atoms with Crippen LogP contribution in [0, 0.1) is 18.8 Å². The minimum absolute atomic E-state index is 0.0425. The predicted octanol–water partition coefficient (Wildman–Crippen LogP) is 0.595. The molecule has 0 unspecified atom stereocenters. The first-order valence-electron chi connectivity index (χ1n) is 6.77. The molecule has 0 heterocycles. The zero-order valence-electron chi connectivity index (χ0n) is 12.3. The monoisotopic (exact) mass is 288 g/mol. The van der Waals surface area contributed by atoms with Crippen LogP contribution in [0.4, 0.5) is 0 Å². The molecule has 5 nitrogen and oxygen atoms in total. The van der Waals surface area contributed by atoms with Gasteiger partial charge in [0.05, 0.1) is 6.61 Å². The van der Waals surface area contributed by atoms with Crippen LogP contribution >= 0.6 is 0 Å². The highest BCUT2D eigenvalue weighted by atomic mass is 16.2. The van der Waals surface area contributed by atoms with Crippen LogP contribution in [0.3, 0.4) is 0 Å². The number of amides is 2. The topological polar surface area (TPSA) is 78.4 Å². The smallest absolute Gasteiger partial charge is 0.251 e. The number of aliphatic hydroxyl groups excluding tert-OH is 1. The number of carbonyl (C=O) groups excluding carboxylic acids is 2. The Morgan fingerprint density at radius 3 is 2.57 bits per heavy atom. The largest absolute Gasteiger partial charge is 0.395 e.